The summed E-state index contributed by atoms with van der Waals surface area (Å²) in [4.78, 5) is 0. The van der Waals surface area contributed by atoms with Crippen molar-refractivity contribution in [2.75, 3.05) is 0 Å². The van der Waals surface area contributed by atoms with Crippen molar-refractivity contribution >= 4 is 50.9 Å². The van der Waals surface area contributed by atoms with Gasteiger partial charge in [-0.2, -0.15) is 0 Å². The maximum atomic E-state index is 4.12. The average molecular weight is 503 g/mol. The van der Waals surface area contributed by atoms with Gasteiger partial charge < -0.3 is 0 Å². The summed E-state index contributed by atoms with van der Waals surface area (Å²) in [6.07, 6.45) is 11.9. The summed E-state index contributed by atoms with van der Waals surface area (Å²) in [6.45, 7) is 0. The first-order valence-electron chi connectivity index (χ1n) is 7.79. The van der Waals surface area contributed by atoms with Crippen LogP contribution < -0.4 is 0 Å². The van der Waals surface area contributed by atoms with Crippen molar-refractivity contribution < 1.29 is 0 Å². The zero-order chi connectivity index (χ0) is 13.5. The molecule has 0 N–H and O–H groups in total. The van der Waals surface area contributed by atoms with Crippen molar-refractivity contribution in [3.63, 3.8) is 0 Å². The van der Waals surface area contributed by atoms with Crippen LogP contribution in [0.1, 0.15) is 51.4 Å². The molecule has 1 aliphatic heterocycles. The van der Waals surface area contributed by atoms with Crippen LogP contribution in [0, 0.1) is 0 Å². The van der Waals surface area contributed by atoms with Gasteiger partial charge in [0.1, 0.15) is 0 Å². The van der Waals surface area contributed by atoms with Crippen LogP contribution in [0.2, 0.25) is 32.5 Å². The molecule has 0 atom stereocenters. The van der Waals surface area contributed by atoms with E-state index in [4.69, 9.17) is 0 Å². The van der Waals surface area contributed by atoms with E-state index in [0.717, 1.165) is 0 Å². The van der Waals surface area contributed by atoms with E-state index in [-0.39, 0.29) is 0 Å². The Bertz CT molecular complexity index is 186. The second-order valence-corrected chi connectivity index (χ2v) is 42.6. The van der Waals surface area contributed by atoms with Crippen LogP contribution in [0.3, 0.4) is 0 Å². The Balaban J connectivity index is 2.36. The van der Waals surface area contributed by atoms with Gasteiger partial charge in [0.2, 0.25) is 0 Å². The molecule has 0 saturated carbocycles. The fraction of sp³-hybridized carbons (Fsp3) is 1.00. The SMILES string of the molecule is [CH3][Ge]1([Br])[CH2]CCCC[CH2][Ge]([CH3])([Br])[CH2]CCCC[CH2]1. The van der Waals surface area contributed by atoms with Gasteiger partial charge in [-0.3, -0.25) is 0 Å². The summed E-state index contributed by atoms with van der Waals surface area (Å²) >= 11 is 5.23. The zero-order valence-corrected chi connectivity index (χ0v) is 19.6. The van der Waals surface area contributed by atoms with Crippen LogP contribution in [0.25, 0.3) is 0 Å². The summed E-state index contributed by atoms with van der Waals surface area (Å²) < 4.78 is 0. The Morgan fingerprint density at radius 2 is 0.722 bits per heavy atom. The molecule has 1 aliphatic rings. The third-order valence-corrected chi connectivity index (χ3v) is 24.2. The summed E-state index contributed by atoms with van der Waals surface area (Å²) in [6, 6.07) is 0. The van der Waals surface area contributed by atoms with Crippen LogP contribution in [-0.4, -0.2) is 22.8 Å². The molecule has 0 radical (unpaired) electrons. The first-order valence-corrected chi connectivity index (χ1v) is 27.7. The molecule has 0 unspecified atom stereocenters. The van der Waals surface area contributed by atoms with E-state index in [9.17, 15) is 0 Å². The summed E-state index contributed by atoms with van der Waals surface area (Å²) in [5.74, 6) is 5.16. The number of hydrogen-bond donors (Lipinski definition) is 0. The van der Waals surface area contributed by atoms with Crippen molar-refractivity contribution in [3.8, 4) is 0 Å². The molecule has 0 aliphatic carbocycles. The van der Waals surface area contributed by atoms with Gasteiger partial charge in [-0.25, -0.2) is 0 Å². The molecule has 0 nitrogen and oxygen atoms in total. The summed E-state index contributed by atoms with van der Waals surface area (Å²) in [5, 5.41) is 6.19. The van der Waals surface area contributed by atoms with Gasteiger partial charge in [-0.15, -0.1) is 0 Å². The minimum atomic E-state index is -1.51. The molecular weight excluding hydrogens is 473 g/mol. The summed E-state index contributed by atoms with van der Waals surface area (Å²) in [7, 11) is 0. The van der Waals surface area contributed by atoms with Gasteiger partial charge in [0.25, 0.3) is 0 Å². The second-order valence-electron chi connectivity index (χ2n) is 6.66. The van der Waals surface area contributed by atoms with Crippen molar-refractivity contribution in [1.82, 2.24) is 0 Å². The van der Waals surface area contributed by atoms with Crippen molar-refractivity contribution in [2.24, 2.45) is 0 Å². The molecule has 18 heavy (non-hydrogen) atoms. The first-order chi connectivity index (χ1) is 8.41. The third kappa shape index (κ3) is 9.07. The standard InChI is InChI=1S/C14H30Br2Ge2/c1-17(15)11-7-3-5-9-13-18(2,16)14-10-6-4-8-12-17/h3-14H2,1-2H3. The van der Waals surface area contributed by atoms with Gasteiger partial charge >= 0.3 is 135 Å². The monoisotopic (exact) mass is 504 g/mol. The van der Waals surface area contributed by atoms with E-state index in [2.05, 4.69) is 39.5 Å². The Morgan fingerprint density at radius 3 is 0.944 bits per heavy atom. The molecule has 0 spiro atoms. The average Bonchev–Trinajstić information content (AvgIpc) is 2.27. The number of rotatable bonds is 0. The molecular formula is C14H30Br2Ge2. The Hall–Kier alpha value is 2.05. The predicted octanol–water partition coefficient (Wildman–Crippen LogP) is 7.06. The molecule has 0 aromatic rings. The number of halogens is 2. The summed E-state index contributed by atoms with van der Waals surface area (Å²) in [5.41, 5.74) is 0. The maximum absolute atomic E-state index is 4.12. The fourth-order valence-corrected chi connectivity index (χ4v) is 18.1. The molecule has 0 bridgehead atoms. The molecule has 1 fully saturated rings. The third-order valence-electron chi connectivity index (χ3n) is 4.29. The first kappa shape index (κ1) is 18.1. The molecule has 1 rings (SSSR count). The van der Waals surface area contributed by atoms with E-state index >= 15 is 0 Å². The van der Waals surface area contributed by atoms with Crippen LogP contribution in [0.5, 0.6) is 0 Å². The van der Waals surface area contributed by atoms with Crippen LogP contribution in [0.15, 0.2) is 0 Å². The molecule has 0 aromatic heterocycles. The van der Waals surface area contributed by atoms with Crippen molar-refractivity contribution in [3.05, 3.63) is 0 Å². The second kappa shape index (κ2) is 9.14. The molecule has 0 amide bonds. The van der Waals surface area contributed by atoms with Gasteiger partial charge in [0.05, 0.1) is 0 Å². The van der Waals surface area contributed by atoms with E-state index < -0.39 is 22.8 Å². The predicted molar refractivity (Wildman–Crippen MR) is 97.3 cm³/mol. The van der Waals surface area contributed by atoms with Crippen LogP contribution in [-0.2, 0) is 0 Å². The minimum absolute atomic E-state index is 1.48. The molecule has 0 aromatic carbocycles. The van der Waals surface area contributed by atoms with Gasteiger partial charge in [-0.1, -0.05) is 0 Å². The van der Waals surface area contributed by atoms with Gasteiger partial charge in [0, 0.05) is 0 Å². The van der Waals surface area contributed by atoms with E-state index in [1.165, 1.54) is 51.4 Å². The molecule has 4 heteroatoms. The number of hydrogen-bond acceptors (Lipinski definition) is 0. The molecule has 1 saturated heterocycles. The Morgan fingerprint density at radius 1 is 0.500 bits per heavy atom. The molecule has 108 valence electrons. The topological polar surface area (TPSA) is 0 Å². The van der Waals surface area contributed by atoms with Crippen LogP contribution >= 0.6 is 28.0 Å². The fourth-order valence-electron chi connectivity index (χ4n) is 2.93. The molecule has 1 heterocycles. The van der Waals surface area contributed by atoms with Gasteiger partial charge in [-0.05, 0) is 0 Å². The van der Waals surface area contributed by atoms with Gasteiger partial charge in [0.15, 0.2) is 0 Å². The van der Waals surface area contributed by atoms with Crippen LogP contribution in [0.4, 0.5) is 0 Å². The quantitative estimate of drug-likeness (QED) is 0.311. The van der Waals surface area contributed by atoms with E-state index in [0.29, 0.717) is 0 Å². The van der Waals surface area contributed by atoms with Crippen molar-refractivity contribution in [2.45, 2.75) is 83.9 Å². The Kier molecular flexibility index (Phi) is 9.19. The normalized spacial score (nSPS) is 38.0. The Labute approximate surface area is 133 Å². The zero-order valence-electron chi connectivity index (χ0n) is 12.2. The van der Waals surface area contributed by atoms with Crippen molar-refractivity contribution in [1.29, 1.82) is 0 Å². The van der Waals surface area contributed by atoms with E-state index in [1.807, 2.05) is 0 Å². The van der Waals surface area contributed by atoms with E-state index in [1.54, 1.807) is 21.0 Å².